The molecule has 0 unspecified atom stereocenters. The number of aliphatic hydroxyl groups excluding tert-OH is 1. The first-order chi connectivity index (χ1) is 9.13. The highest BCUT2D eigenvalue weighted by molar-refractivity contribution is 6.00. The number of Topliss-reactive ketones (excluding diaryl/α,β-unsaturated/α-hetero) is 1. The van der Waals surface area contributed by atoms with Crippen LogP contribution in [-0.2, 0) is 0 Å². The van der Waals surface area contributed by atoms with Crippen LogP contribution in [0, 0.1) is 11.3 Å². The van der Waals surface area contributed by atoms with Crippen LogP contribution in [0.5, 0.6) is 0 Å². The number of rotatable bonds is 7. The lowest BCUT2D eigenvalue weighted by Gasteiger charge is -2.26. The summed E-state index contributed by atoms with van der Waals surface area (Å²) in [6.07, 6.45) is 2.02. The van der Waals surface area contributed by atoms with E-state index in [0.29, 0.717) is 17.7 Å². The Bertz CT molecular complexity index is 478. The Kier molecular flexibility index (Phi) is 6.04. The zero-order chi connectivity index (χ0) is 14.3. The summed E-state index contributed by atoms with van der Waals surface area (Å²) in [4.78, 5) is 13.6. The van der Waals surface area contributed by atoms with Gasteiger partial charge in [-0.3, -0.25) is 4.79 Å². The summed E-state index contributed by atoms with van der Waals surface area (Å²) in [6, 6.07) is 7.15. The predicted octanol–water partition coefficient (Wildman–Crippen LogP) is 2.36. The maximum Gasteiger partial charge on any atom is 0.161 e. The smallest absolute Gasteiger partial charge is 0.161 e. The minimum absolute atomic E-state index is 0.0256. The molecule has 102 valence electrons. The molecule has 0 aliphatic carbocycles. The molecule has 0 saturated carbocycles. The van der Waals surface area contributed by atoms with Gasteiger partial charge in [0, 0.05) is 24.3 Å². The molecule has 1 aromatic carbocycles. The molecular formula is C15H20N2O2. The van der Waals surface area contributed by atoms with Crippen LogP contribution in [0.4, 0.5) is 5.69 Å². The third kappa shape index (κ3) is 4.08. The molecule has 0 aliphatic heterocycles. The molecule has 0 spiro atoms. The molecule has 0 aliphatic rings. The van der Waals surface area contributed by atoms with Crippen LogP contribution in [-0.4, -0.2) is 30.6 Å². The topological polar surface area (TPSA) is 64.3 Å². The van der Waals surface area contributed by atoms with Gasteiger partial charge in [0.1, 0.15) is 0 Å². The summed E-state index contributed by atoms with van der Waals surface area (Å²) in [5.41, 5.74) is 1.87. The number of aliphatic hydroxyl groups is 1. The van der Waals surface area contributed by atoms with Gasteiger partial charge in [0.2, 0.25) is 0 Å². The van der Waals surface area contributed by atoms with Gasteiger partial charge in [-0.2, -0.15) is 5.26 Å². The first kappa shape index (κ1) is 15.2. The van der Waals surface area contributed by atoms with E-state index in [2.05, 4.69) is 13.0 Å². The standard InChI is InChI=1S/C15H20N2O2/c1-3-4-7-17(8-9-18)15-10-13(11-16)5-6-14(15)12(2)19/h5-6,10,18H,3-4,7-9H2,1-2H3. The molecule has 0 amide bonds. The van der Waals surface area contributed by atoms with E-state index in [9.17, 15) is 4.79 Å². The van der Waals surface area contributed by atoms with Crippen molar-refractivity contribution >= 4 is 11.5 Å². The number of unbranched alkanes of at least 4 members (excludes halogenated alkanes) is 1. The third-order valence-electron chi connectivity index (χ3n) is 3.00. The molecule has 0 radical (unpaired) electrons. The molecule has 4 nitrogen and oxygen atoms in total. The van der Waals surface area contributed by atoms with Gasteiger partial charge in [0.25, 0.3) is 0 Å². The minimum atomic E-state index is -0.0288. The van der Waals surface area contributed by atoms with Gasteiger partial charge < -0.3 is 10.0 Å². The number of benzene rings is 1. The number of anilines is 1. The van der Waals surface area contributed by atoms with Crippen molar-refractivity contribution in [2.45, 2.75) is 26.7 Å². The predicted molar refractivity (Wildman–Crippen MR) is 75.4 cm³/mol. The quantitative estimate of drug-likeness (QED) is 0.764. The van der Waals surface area contributed by atoms with Gasteiger partial charge in [0.15, 0.2) is 5.78 Å². The zero-order valence-corrected chi connectivity index (χ0v) is 11.5. The lowest BCUT2D eigenvalue weighted by molar-refractivity contribution is 0.101. The molecule has 1 rings (SSSR count). The van der Waals surface area contributed by atoms with Crippen LogP contribution in [0.3, 0.4) is 0 Å². The highest BCUT2D eigenvalue weighted by Crippen LogP contribution is 2.23. The number of hydrogen-bond acceptors (Lipinski definition) is 4. The van der Waals surface area contributed by atoms with Crippen LogP contribution in [0.2, 0.25) is 0 Å². The van der Waals surface area contributed by atoms with Crippen LogP contribution in [0.15, 0.2) is 18.2 Å². The Morgan fingerprint density at radius 3 is 2.68 bits per heavy atom. The minimum Gasteiger partial charge on any atom is -0.395 e. The summed E-state index contributed by atoms with van der Waals surface area (Å²) in [6.45, 7) is 4.87. The van der Waals surface area contributed by atoms with Gasteiger partial charge in [-0.1, -0.05) is 13.3 Å². The summed E-state index contributed by atoms with van der Waals surface area (Å²) in [7, 11) is 0. The van der Waals surface area contributed by atoms with E-state index >= 15 is 0 Å². The fourth-order valence-electron chi connectivity index (χ4n) is 1.98. The van der Waals surface area contributed by atoms with E-state index in [1.165, 1.54) is 6.92 Å². The number of carbonyl (C=O) groups is 1. The van der Waals surface area contributed by atoms with Gasteiger partial charge in [-0.15, -0.1) is 0 Å². The first-order valence-electron chi connectivity index (χ1n) is 6.55. The molecule has 0 aromatic heterocycles. The molecule has 19 heavy (non-hydrogen) atoms. The molecule has 0 heterocycles. The largest absolute Gasteiger partial charge is 0.395 e. The second-order valence-electron chi connectivity index (χ2n) is 4.46. The van der Waals surface area contributed by atoms with Crippen molar-refractivity contribution in [2.75, 3.05) is 24.6 Å². The molecule has 4 heteroatoms. The van der Waals surface area contributed by atoms with E-state index < -0.39 is 0 Å². The number of ketones is 1. The van der Waals surface area contributed by atoms with E-state index in [1.807, 2.05) is 4.90 Å². The van der Waals surface area contributed by atoms with Crippen LogP contribution < -0.4 is 4.90 Å². The summed E-state index contributed by atoms with van der Waals surface area (Å²) in [5, 5.41) is 18.1. The van der Waals surface area contributed by atoms with Crippen molar-refractivity contribution in [3.8, 4) is 6.07 Å². The number of nitriles is 1. The lowest BCUT2D eigenvalue weighted by atomic mass is 10.0. The Morgan fingerprint density at radius 1 is 1.42 bits per heavy atom. The van der Waals surface area contributed by atoms with E-state index in [-0.39, 0.29) is 12.4 Å². The molecule has 0 atom stereocenters. The highest BCUT2D eigenvalue weighted by Gasteiger charge is 2.14. The van der Waals surface area contributed by atoms with Gasteiger partial charge in [-0.05, 0) is 31.5 Å². The number of nitrogens with zero attached hydrogens (tertiary/aromatic N) is 2. The van der Waals surface area contributed by atoms with Crippen molar-refractivity contribution in [3.63, 3.8) is 0 Å². The van der Waals surface area contributed by atoms with E-state index in [1.54, 1.807) is 18.2 Å². The Labute approximate surface area is 114 Å². The second kappa shape index (κ2) is 7.55. The van der Waals surface area contributed by atoms with Gasteiger partial charge in [-0.25, -0.2) is 0 Å². The zero-order valence-electron chi connectivity index (χ0n) is 11.5. The van der Waals surface area contributed by atoms with Crippen LogP contribution >= 0.6 is 0 Å². The van der Waals surface area contributed by atoms with Gasteiger partial charge in [0.05, 0.1) is 18.2 Å². The maximum absolute atomic E-state index is 11.7. The molecule has 0 bridgehead atoms. The third-order valence-corrected chi connectivity index (χ3v) is 3.00. The molecule has 1 N–H and O–H groups in total. The fourth-order valence-corrected chi connectivity index (χ4v) is 1.98. The average molecular weight is 260 g/mol. The Morgan fingerprint density at radius 2 is 2.16 bits per heavy atom. The van der Waals surface area contributed by atoms with Crippen molar-refractivity contribution in [1.82, 2.24) is 0 Å². The average Bonchev–Trinajstić information content (AvgIpc) is 2.42. The number of carbonyl (C=O) groups excluding carboxylic acids is 1. The molecule has 1 aromatic rings. The highest BCUT2D eigenvalue weighted by atomic mass is 16.3. The van der Waals surface area contributed by atoms with Crippen molar-refractivity contribution in [3.05, 3.63) is 29.3 Å². The summed E-state index contributed by atoms with van der Waals surface area (Å²) in [5.74, 6) is -0.0288. The first-order valence-corrected chi connectivity index (χ1v) is 6.55. The Balaban J connectivity index is 3.17. The van der Waals surface area contributed by atoms with Crippen molar-refractivity contribution < 1.29 is 9.90 Å². The fraction of sp³-hybridized carbons (Fsp3) is 0.467. The molecule has 0 saturated heterocycles. The number of hydrogen-bond donors (Lipinski definition) is 1. The molecular weight excluding hydrogens is 240 g/mol. The normalized spacial score (nSPS) is 10.0. The summed E-state index contributed by atoms with van der Waals surface area (Å²) < 4.78 is 0. The molecule has 0 fully saturated rings. The Hall–Kier alpha value is -1.86. The van der Waals surface area contributed by atoms with Crippen molar-refractivity contribution in [1.29, 1.82) is 5.26 Å². The maximum atomic E-state index is 11.7. The van der Waals surface area contributed by atoms with Crippen LogP contribution in [0.25, 0.3) is 0 Å². The second-order valence-corrected chi connectivity index (χ2v) is 4.46. The monoisotopic (exact) mass is 260 g/mol. The van der Waals surface area contributed by atoms with Gasteiger partial charge >= 0.3 is 0 Å². The van der Waals surface area contributed by atoms with E-state index in [4.69, 9.17) is 10.4 Å². The van der Waals surface area contributed by atoms with Crippen molar-refractivity contribution in [2.24, 2.45) is 0 Å². The SMILES string of the molecule is CCCCN(CCO)c1cc(C#N)ccc1C(C)=O. The summed E-state index contributed by atoms with van der Waals surface area (Å²) >= 11 is 0. The van der Waals surface area contributed by atoms with E-state index in [0.717, 1.165) is 25.1 Å². The lowest BCUT2D eigenvalue weighted by Crippen LogP contribution is -2.29. The van der Waals surface area contributed by atoms with Crippen LogP contribution in [0.1, 0.15) is 42.6 Å².